The predicted molar refractivity (Wildman–Crippen MR) is 119 cm³/mol. The maximum Gasteiger partial charge on any atom is 0.407 e. The normalized spacial score (nSPS) is 35.4. The number of amides is 1. The lowest BCUT2D eigenvalue weighted by Gasteiger charge is -2.47. The van der Waals surface area contributed by atoms with Crippen molar-refractivity contribution in [2.45, 2.75) is 75.5 Å². The third-order valence-electron chi connectivity index (χ3n) is 6.87. The minimum Gasteiger partial charge on any atom is -0.446 e. The second-order valence-corrected chi connectivity index (χ2v) is 9.26. The molecule has 1 saturated carbocycles. The first kappa shape index (κ1) is 25.4. The molecule has 3 aliphatic rings. The fraction of sp³-hybridized carbons (Fsp3) is 0.870. The number of hydrogen-bond acceptors (Lipinski definition) is 8. The molecule has 3 N–H and O–H groups in total. The van der Waals surface area contributed by atoms with Gasteiger partial charge in [-0.1, -0.05) is 11.6 Å². The SMILES string of the molecule is COC1(C2(C)O[C@@H]2CC=C(C)C)CC(OC(=O)NCCOCCOCCN)CC[C@]12CO2. The Kier molecular flexibility index (Phi) is 8.57. The molecular formula is C23H40N2O7. The van der Waals surface area contributed by atoms with Crippen LogP contribution in [-0.2, 0) is 28.4 Å². The van der Waals surface area contributed by atoms with E-state index < -0.39 is 17.3 Å². The molecule has 32 heavy (non-hydrogen) atoms. The topological polar surface area (TPSA) is 117 Å². The Morgan fingerprint density at radius 3 is 2.56 bits per heavy atom. The molecular weight excluding hydrogens is 416 g/mol. The monoisotopic (exact) mass is 456 g/mol. The van der Waals surface area contributed by atoms with Crippen LogP contribution in [0.3, 0.4) is 0 Å². The Hall–Kier alpha value is -1.23. The van der Waals surface area contributed by atoms with Crippen LogP contribution in [0.25, 0.3) is 0 Å². The van der Waals surface area contributed by atoms with Gasteiger partial charge in [0.15, 0.2) is 0 Å². The summed E-state index contributed by atoms with van der Waals surface area (Å²) >= 11 is 0. The summed E-state index contributed by atoms with van der Waals surface area (Å²) in [5, 5.41) is 2.75. The highest BCUT2D eigenvalue weighted by molar-refractivity contribution is 5.67. The lowest BCUT2D eigenvalue weighted by Crippen LogP contribution is -2.62. The van der Waals surface area contributed by atoms with Crippen LogP contribution in [0.15, 0.2) is 11.6 Å². The summed E-state index contributed by atoms with van der Waals surface area (Å²) in [5.74, 6) is 0. The van der Waals surface area contributed by atoms with Crippen LogP contribution in [0.5, 0.6) is 0 Å². The Balaban J connectivity index is 1.48. The average molecular weight is 457 g/mol. The smallest absolute Gasteiger partial charge is 0.407 e. The number of ether oxygens (including phenoxy) is 6. The quantitative estimate of drug-likeness (QED) is 0.245. The van der Waals surface area contributed by atoms with Crippen molar-refractivity contribution < 1.29 is 33.2 Å². The Bertz CT molecular complexity index is 665. The van der Waals surface area contributed by atoms with Gasteiger partial charge in [0.05, 0.1) is 39.1 Å². The Morgan fingerprint density at radius 2 is 1.94 bits per heavy atom. The van der Waals surface area contributed by atoms with Gasteiger partial charge in [-0.25, -0.2) is 4.79 Å². The molecule has 0 aromatic carbocycles. The van der Waals surface area contributed by atoms with Crippen molar-refractivity contribution in [2.24, 2.45) is 5.73 Å². The lowest BCUT2D eigenvalue weighted by molar-refractivity contribution is -0.162. The number of alkyl carbamates (subject to hydrolysis) is 1. The standard InChI is InChI=1S/C23H40N2O7/c1-17(2)5-6-19-21(3,32-19)23(27-4)15-18(7-8-22(23)16-30-22)31-20(26)25-10-12-29-14-13-28-11-9-24/h5,18-19H,6-16,24H2,1-4H3,(H,25,26)/t18?,19-,21?,22+,23?/m1/s1. The van der Waals surface area contributed by atoms with Gasteiger partial charge < -0.3 is 39.5 Å². The number of allylic oxidation sites excluding steroid dienone is 1. The zero-order valence-electron chi connectivity index (χ0n) is 19.9. The molecule has 1 amide bonds. The van der Waals surface area contributed by atoms with E-state index in [-0.39, 0.29) is 17.8 Å². The van der Waals surface area contributed by atoms with Crippen molar-refractivity contribution in [3.05, 3.63) is 11.6 Å². The highest BCUT2D eigenvalue weighted by atomic mass is 16.7. The number of methoxy groups -OCH3 is 1. The highest BCUT2D eigenvalue weighted by Crippen LogP contribution is 2.63. The van der Waals surface area contributed by atoms with Crippen molar-refractivity contribution in [1.82, 2.24) is 5.32 Å². The summed E-state index contributed by atoms with van der Waals surface area (Å²) in [7, 11) is 1.71. The van der Waals surface area contributed by atoms with E-state index in [0.717, 1.165) is 19.3 Å². The molecule has 9 nitrogen and oxygen atoms in total. The third-order valence-corrected chi connectivity index (χ3v) is 6.87. The molecule has 184 valence electrons. The van der Waals surface area contributed by atoms with Gasteiger partial charge in [0.1, 0.15) is 22.9 Å². The number of nitrogens with one attached hydrogen (secondary N) is 1. The van der Waals surface area contributed by atoms with Gasteiger partial charge in [-0.05, 0) is 40.0 Å². The minimum atomic E-state index is -0.643. The molecule has 5 atom stereocenters. The first-order valence-electron chi connectivity index (χ1n) is 11.6. The molecule has 9 heteroatoms. The van der Waals surface area contributed by atoms with Crippen molar-refractivity contribution in [3.63, 3.8) is 0 Å². The molecule has 3 unspecified atom stereocenters. The van der Waals surface area contributed by atoms with E-state index in [0.29, 0.717) is 52.5 Å². The van der Waals surface area contributed by atoms with Gasteiger partial charge in [-0.3, -0.25) is 0 Å². The van der Waals surface area contributed by atoms with Gasteiger partial charge in [0.25, 0.3) is 0 Å². The van der Waals surface area contributed by atoms with Crippen LogP contribution in [0, 0.1) is 0 Å². The number of carbonyl (C=O) groups excluding carboxylic acids is 1. The molecule has 1 spiro atoms. The molecule has 0 aromatic rings. The van der Waals surface area contributed by atoms with Crippen molar-refractivity contribution in [3.8, 4) is 0 Å². The van der Waals surface area contributed by atoms with Crippen molar-refractivity contribution in [2.75, 3.05) is 53.2 Å². The zero-order valence-corrected chi connectivity index (χ0v) is 19.9. The van der Waals surface area contributed by atoms with Crippen LogP contribution in [0.1, 0.15) is 46.5 Å². The van der Waals surface area contributed by atoms with Gasteiger partial charge in [0, 0.05) is 26.6 Å². The van der Waals surface area contributed by atoms with E-state index in [1.54, 1.807) is 7.11 Å². The molecule has 2 aliphatic heterocycles. The summed E-state index contributed by atoms with van der Waals surface area (Å²) in [6.07, 6.45) is 4.45. The maximum absolute atomic E-state index is 12.3. The first-order valence-corrected chi connectivity index (χ1v) is 11.6. The maximum atomic E-state index is 12.3. The summed E-state index contributed by atoms with van der Waals surface area (Å²) in [6, 6.07) is 0. The number of carbonyl (C=O) groups is 1. The highest BCUT2D eigenvalue weighted by Gasteiger charge is 2.79. The number of rotatable bonds is 13. The van der Waals surface area contributed by atoms with Crippen LogP contribution in [-0.4, -0.2) is 88.3 Å². The number of epoxide rings is 2. The fourth-order valence-corrected chi connectivity index (χ4v) is 4.95. The minimum absolute atomic E-state index is 0.0667. The average Bonchev–Trinajstić information content (AvgIpc) is 3.67. The van der Waals surface area contributed by atoms with Crippen molar-refractivity contribution in [1.29, 1.82) is 0 Å². The van der Waals surface area contributed by atoms with E-state index >= 15 is 0 Å². The van der Waals surface area contributed by atoms with Crippen molar-refractivity contribution >= 4 is 6.09 Å². The molecule has 3 fully saturated rings. The van der Waals surface area contributed by atoms with Crippen LogP contribution in [0.2, 0.25) is 0 Å². The largest absolute Gasteiger partial charge is 0.446 e. The third kappa shape index (κ3) is 5.46. The Labute approximate surface area is 191 Å². The molecule has 2 saturated heterocycles. The second kappa shape index (κ2) is 10.8. The summed E-state index contributed by atoms with van der Waals surface area (Å²) in [6.45, 7) is 9.65. The van der Waals surface area contributed by atoms with Gasteiger partial charge >= 0.3 is 6.09 Å². The zero-order chi connectivity index (χ0) is 23.2. The second-order valence-electron chi connectivity index (χ2n) is 9.26. The number of nitrogens with two attached hydrogens (primary N) is 1. The van der Waals surface area contributed by atoms with E-state index in [1.165, 1.54) is 5.57 Å². The lowest BCUT2D eigenvalue weighted by atomic mass is 9.66. The van der Waals surface area contributed by atoms with Gasteiger partial charge in [-0.2, -0.15) is 0 Å². The van der Waals surface area contributed by atoms with Gasteiger partial charge in [0.2, 0.25) is 0 Å². The first-order chi connectivity index (χ1) is 15.3. The molecule has 0 bridgehead atoms. The summed E-state index contributed by atoms with van der Waals surface area (Å²) < 4.78 is 34.7. The fourth-order valence-electron chi connectivity index (χ4n) is 4.95. The molecule has 2 heterocycles. The van der Waals surface area contributed by atoms with Gasteiger partial charge in [-0.15, -0.1) is 0 Å². The van der Waals surface area contributed by atoms with E-state index in [1.807, 2.05) is 0 Å². The number of hydrogen-bond donors (Lipinski definition) is 2. The summed E-state index contributed by atoms with van der Waals surface area (Å²) in [4.78, 5) is 12.3. The Morgan fingerprint density at radius 1 is 1.22 bits per heavy atom. The predicted octanol–water partition coefficient (Wildman–Crippen LogP) is 1.93. The molecule has 0 radical (unpaired) electrons. The van der Waals surface area contributed by atoms with Crippen LogP contribution >= 0.6 is 0 Å². The molecule has 1 aliphatic carbocycles. The summed E-state index contributed by atoms with van der Waals surface area (Å²) in [5.41, 5.74) is 5.15. The van der Waals surface area contributed by atoms with E-state index in [4.69, 9.17) is 34.2 Å². The molecule has 3 rings (SSSR count). The van der Waals surface area contributed by atoms with Crippen LogP contribution in [0.4, 0.5) is 4.79 Å². The van der Waals surface area contributed by atoms with E-state index in [2.05, 4.69) is 32.2 Å². The molecule has 0 aromatic heterocycles. The van der Waals surface area contributed by atoms with Crippen LogP contribution < -0.4 is 11.1 Å². The van der Waals surface area contributed by atoms with E-state index in [9.17, 15) is 4.79 Å².